The average molecular weight is 306 g/mol. The molecule has 3 rings (SSSR count). The van der Waals surface area contributed by atoms with Crippen molar-refractivity contribution >= 4 is 17.8 Å². The second-order valence-electron chi connectivity index (χ2n) is 5.69. The van der Waals surface area contributed by atoms with Gasteiger partial charge in [-0.1, -0.05) is 5.16 Å². The van der Waals surface area contributed by atoms with Crippen molar-refractivity contribution < 1.29 is 18.9 Å². The zero-order valence-electron chi connectivity index (χ0n) is 12.6. The summed E-state index contributed by atoms with van der Waals surface area (Å²) in [5.74, 6) is 0.185. The van der Waals surface area contributed by atoms with Crippen molar-refractivity contribution in [3.8, 4) is 0 Å². The van der Waals surface area contributed by atoms with Crippen LogP contribution in [0.4, 0.5) is 4.79 Å². The molecule has 4 amide bonds. The molecule has 0 radical (unpaired) electrons. The Labute approximate surface area is 127 Å². The number of aromatic nitrogens is 1. The molecule has 1 N–H and O–H groups in total. The normalized spacial score (nSPS) is 21.6. The summed E-state index contributed by atoms with van der Waals surface area (Å²) in [4.78, 5) is 38.2. The van der Waals surface area contributed by atoms with Gasteiger partial charge in [-0.3, -0.25) is 14.9 Å². The van der Waals surface area contributed by atoms with Crippen molar-refractivity contribution in [2.45, 2.75) is 32.7 Å². The van der Waals surface area contributed by atoms with Gasteiger partial charge in [0.2, 0.25) is 11.8 Å². The number of carbonyl (C=O) groups is 3. The molecule has 2 saturated heterocycles. The van der Waals surface area contributed by atoms with Gasteiger partial charge in [0.05, 0.1) is 11.7 Å². The summed E-state index contributed by atoms with van der Waals surface area (Å²) in [5, 5.41) is 6.12. The minimum atomic E-state index is -0.508. The van der Waals surface area contributed by atoms with Crippen LogP contribution in [0.1, 0.15) is 35.9 Å². The molecule has 0 unspecified atom stereocenters. The van der Waals surface area contributed by atoms with Gasteiger partial charge in [0.25, 0.3) is 0 Å². The van der Waals surface area contributed by atoms with Gasteiger partial charge in [0.1, 0.15) is 18.8 Å². The van der Waals surface area contributed by atoms with Gasteiger partial charge < -0.3 is 14.3 Å². The molecular formula is C14H18N4O4. The van der Waals surface area contributed by atoms with Gasteiger partial charge in [-0.25, -0.2) is 4.79 Å². The zero-order valence-corrected chi connectivity index (χ0v) is 12.6. The van der Waals surface area contributed by atoms with Gasteiger partial charge in [-0.15, -0.1) is 0 Å². The Morgan fingerprint density at radius 1 is 1.41 bits per heavy atom. The summed E-state index contributed by atoms with van der Waals surface area (Å²) in [6, 6.07) is -0.577. The number of nitrogens with zero attached hydrogens (tertiary/aromatic N) is 3. The van der Waals surface area contributed by atoms with Gasteiger partial charge >= 0.3 is 6.03 Å². The minimum absolute atomic E-state index is 0.0611. The second kappa shape index (κ2) is 5.43. The molecule has 2 aliphatic heterocycles. The molecule has 1 atom stereocenters. The Bertz CT molecular complexity index is 619. The topological polar surface area (TPSA) is 95.8 Å². The van der Waals surface area contributed by atoms with Crippen molar-refractivity contribution in [2.75, 3.05) is 19.6 Å². The fraction of sp³-hybridized carbons (Fsp3) is 0.571. The first-order chi connectivity index (χ1) is 10.5. The van der Waals surface area contributed by atoms with Gasteiger partial charge in [0.15, 0.2) is 0 Å². The van der Waals surface area contributed by atoms with Crippen LogP contribution in [-0.2, 0) is 9.59 Å². The van der Waals surface area contributed by atoms with E-state index in [0.717, 1.165) is 29.9 Å². The summed E-state index contributed by atoms with van der Waals surface area (Å²) in [6.07, 6.45) is 1.74. The van der Waals surface area contributed by atoms with Crippen LogP contribution >= 0.6 is 0 Å². The van der Waals surface area contributed by atoms with E-state index in [-0.39, 0.29) is 30.9 Å². The highest BCUT2D eigenvalue weighted by atomic mass is 16.5. The van der Waals surface area contributed by atoms with E-state index >= 15 is 0 Å². The predicted octanol–water partition coefficient (Wildman–Crippen LogP) is 0.507. The van der Waals surface area contributed by atoms with Crippen molar-refractivity contribution in [1.29, 1.82) is 0 Å². The van der Waals surface area contributed by atoms with Gasteiger partial charge in [0, 0.05) is 12.1 Å². The predicted molar refractivity (Wildman–Crippen MR) is 74.8 cm³/mol. The van der Waals surface area contributed by atoms with E-state index in [0.29, 0.717) is 6.54 Å². The molecule has 1 aromatic heterocycles. The maximum Gasteiger partial charge on any atom is 0.325 e. The van der Waals surface area contributed by atoms with Crippen LogP contribution in [-0.4, -0.2) is 52.4 Å². The standard InChI is InChI=1S/C14H18N4O4/c1-8-13(9(2)22-16-8)10-4-3-5-18(10)12(20)7-17-6-11(19)15-14(17)21/h10H,3-7H2,1-2H3,(H,15,19,21)/t10-/m0/s1. The maximum absolute atomic E-state index is 12.5. The first kappa shape index (κ1) is 14.6. The van der Waals surface area contributed by atoms with Crippen LogP contribution in [0.2, 0.25) is 0 Å². The van der Waals surface area contributed by atoms with Crippen LogP contribution in [0, 0.1) is 13.8 Å². The molecule has 2 aliphatic rings. The molecule has 2 fully saturated rings. The van der Waals surface area contributed by atoms with Crippen LogP contribution in [0.3, 0.4) is 0 Å². The summed E-state index contributed by atoms with van der Waals surface area (Å²) >= 11 is 0. The molecule has 22 heavy (non-hydrogen) atoms. The number of likely N-dealkylation sites (tertiary alicyclic amines) is 1. The molecule has 3 heterocycles. The molecular weight excluding hydrogens is 288 g/mol. The van der Waals surface area contributed by atoms with E-state index in [9.17, 15) is 14.4 Å². The Morgan fingerprint density at radius 2 is 2.18 bits per heavy atom. The third-order valence-corrected chi connectivity index (χ3v) is 4.19. The smallest absolute Gasteiger partial charge is 0.325 e. The van der Waals surface area contributed by atoms with E-state index in [1.807, 2.05) is 13.8 Å². The fourth-order valence-electron chi connectivity index (χ4n) is 3.20. The first-order valence-corrected chi connectivity index (χ1v) is 7.28. The summed E-state index contributed by atoms with van der Waals surface area (Å²) in [7, 11) is 0. The molecule has 0 spiro atoms. The van der Waals surface area contributed by atoms with Crippen molar-refractivity contribution in [1.82, 2.24) is 20.3 Å². The second-order valence-corrected chi connectivity index (χ2v) is 5.69. The largest absolute Gasteiger partial charge is 0.361 e. The van der Waals surface area contributed by atoms with Crippen LogP contribution in [0.25, 0.3) is 0 Å². The number of carbonyl (C=O) groups excluding carboxylic acids is 3. The summed E-state index contributed by atoms with van der Waals surface area (Å²) < 4.78 is 5.19. The Balaban J connectivity index is 1.74. The lowest BCUT2D eigenvalue weighted by molar-refractivity contribution is -0.132. The number of nitrogens with one attached hydrogen (secondary N) is 1. The number of urea groups is 1. The Kier molecular flexibility index (Phi) is 3.59. The number of aryl methyl sites for hydroxylation is 2. The molecule has 8 heteroatoms. The monoisotopic (exact) mass is 306 g/mol. The van der Waals surface area contributed by atoms with Crippen molar-refractivity contribution in [3.63, 3.8) is 0 Å². The van der Waals surface area contributed by atoms with E-state index in [4.69, 9.17) is 4.52 Å². The highest BCUT2D eigenvalue weighted by molar-refractivity contribution is 6.03. The molecule has 1 aromatic rings. The highest BCUT2D eigenvalue weighted by Gasteiger charge is 2.36. The molecule has 0 saturated carbocycles. The summed E-state index contributed by atoms with van der Waals surface area (Å²) in [5.41, 5.74) is 1.74. The van der Waals surface area contributed by atoms with E-state index < -0.39 is 6.03 Å². The molecule has 0 bridgehead atoms. The van der Waals surface area contributed by atoms with Crippen LogP contribution in [0.5, 0.6) is 0 Å². The SMILES string of the molecule is Cc1noc(C)c1[C@@H]1CCCN1C(=O)CN1CC(=O)NC1=O. The van der Waals surface area contributed by atoms with E-state index in [1.54, 1.807) is 4.90 Å². The van der Waals surface area contributed by atoms with Gasteiger partial charge in [-0.05, 0) is 26.7 Å². The number of hydrogen-bond acceptors (Lipinski definition) is 5. The lowest BCUT2D eigenvalue weighted by Crippen LogP contribution is -2.41. The quantitative estimate of drug-likeness (QED) is 0.821. The maximum atomic E-state index is 12.5. The first-order valence-electron chi connectivity index (χ1n) is 7.28. The number of hydrogen-bond donors (Lipinski definition) is 1. The lowest BCUT2D eigenvalue weighted by Gasteiger charge is -2.26. The average Bonchev–Trinajstić information content (AvgIpc) is 3.11. The Morgan fingerprint density at radius 3 is 2.77 bits per heavy atom. The van der Waals surface area contributed by atoms with Crippen LogP contribution in [0.15, 0.2) is 4.52 Å². The third-order valence-electron chi connectivity index (χ3n) is 4.19. The van der Waals surface area contributed by atoms with E-state index in [1.165, 1.54) is 4.90 Å². The number of imide groups is 1. The third kappa shape index (κ3) is 2.44. The van der Waals surface area contributed by atoms with Crippen molar-refractivity contribution in [3.05, 3.63) is 17.0 Å². The van der Waals surface area contributed by atoms with E-state index in [2.05, 4.69) is 10.5 Å². The number of rotatable bonds is 3. The van der Waals surface area contributed by atoms with Crippen molar-refractivity contribution in [2.24, 2.45) is 0 Å². The molecule has 8 nitrogen and oxygen atoms in total. The van der Waals surface area contributed by atoms with Crippen LogP contribution < -0.4 is 5.32 Å². The summed E-state index contributed by atoms with van der Waals surface area (Å²) in [6.45, 7) is 4.19. The minimum Gasteiger partial charge on any atom is -0.361 e. The number of amides is 4. The highest BCUT2D eigenvalue weighted by Crippen LogP contribution is 2.35. The fourth-order valence-corrected chi connectivity index (χ4v) is 3.20. The molecule has 0 aromatic carbocycles. The Hall–Kier alpha value is -2.38. The van der Waals surface area contributed by atoms with Gasteiger partial charge in [-0.2, -0.15) is 0 Å². The molecule has 118 valence electrons. The lowest BCUT2D eigenvalue weighted by atomic mass is 10.0. The molecule has 0 aliphatic carbocycles. The zero-order chi connectivity index (χ0) is 15.9.